The van der Waals surface area contributed by atoms with Crippen molar-refractivity contribution < 1.29 is 4.79 Å². The molecule has 1 aromatic rings. The van der Waals surface area contributed by atoms with Crippen molar-refractivity contribution in [3.63, 3.8) is 0 Å². The molecule has 0 saturated heterocycles. The highest BCUT2D eigenvalue weighted by Crippen LogP contribution is 2.26. The number of halogens is 3. The second-order valence-electron chi connectivity index (χ2n) is 2.99. The van der Waals surface area contributed by atoms with Gasteiger partial charge in [-0.15, -0.1) is 0 Å². The third-order valence-corrected chi connectivity index (χ3v) is 3.79. The first-order chi connectivity index (χ1) is 7.04. The van der Waals surface area contributed by atoms with Crippen LogP contribution >= 0.6 is 43.5 Å². The molecule has 5 heteroatoms. The van der Waals surface area contributed by atoms with Gasteiger partial charge in [0, 0.05) is 9.50 Å². The Balaban J connectivity index is 2.77. The number of amides is 1. The van der Waals surface area contributed by atoms with E-state index >= 15 is 0 Å². The number of carbonyl (C=O) groups is 1. The average Bonchev–Trinajstić information content (AvgIpc) is 2.20. The molecule has 15 heavy (non-hydrogen) atoms. The molecule has 0 aliphatic carbocycles. The Morgan fingerprint density at radius 3 is 2.80 bits per heavy atom. The highest BCUT2D eigenvalue weighted by Gasteiger charge is 2.13. The Kier molecular flexibility index (Phi) is 5.09. The monoisotopic (exact) mass is 353 g/mol. The van der Waals surface area contributed by atoms with E-state index in [1.807, 2.05) is 6.92 Å². The zero-order valence-electron chi connectivity index (χ0n) is 8.06. The maximum absolute atomic E-state index is 11.6. The molecule has 82 valence electrons. The molecule has 0 aliphatic heterocycles. The van der Waals surface area contributed by atoms with Gasteiger partial charge in [0.15, 0.2) is 0 Å². The largest absolute Gasteiger partial charge is 0.324 e. The molecule has 2 nitrogen and oxygen atoms in total. The molecule has 1 aromatic carbocycles. The molecule has 0 bridgehead atoms. The van der Waals surface area contributed by atoms with Gasteiger partial charge in [0.2, 0.25) is 5.91 Å². The van der Waals surface area contributed by atoms with Crippen molar-refractivity contribution in [1.29, 1.82) is 0 Å². The third-order valence-electron chi connectivity index (χ3n) is 1.83. The van der Waals surface area contributed by atoms with Crippen LogP contribution in [0.15, 0.2) is 22.7 Å². The number of hydrogen-bond donors (Lipinski definition) is 1. The van der Waals surface area contributed by atoms with E-state index in [0.29, 0.717) is 5.02 Å². The lowest BCUT2D eigenvalue weighted by Crippen LogP contribution is -2.22. The zero-order chi connectivity index (χ0) is 11.4. The standard InChI is InChI=1S/C10H10Br2ClNO/c1-2-7(11)10(15)14-9-4-3-6(13)5-8(9)12/h3-5,7H,2H2,1H3,(H,14,15). The minimum absolute atomic E-state index is 0.0551. The first kappa shape index (κ1) is 13.0. The van der Waals surface area contributed by atoms with Crippen LogP contribution in [-0.2, 0) is 4.79 Å². The summed E-state index contributed by atoms with van der Waals surface area (Å²) in [5.41, 5.74) is 0.724. The van der Waals surface area contributed by atoms with Gasteiger partial charge in [0.05, 0.1) is 10.5 Å². The second-order valence-corrected chi connectivity index (χ2v) is 5.39. The first-order valence-electron chi connectivity index (χ1n) is 4.44. The van der Waals surface area contributed by atoms with E-state index in [0.717, 1.165) is 16.6 Å². The van der Waals surface area contributed by atoms with Crippen LogP contribution in [0.4, 0.5) is 5.69 Å². The van der Waals surface area contributed by atoms with Crippen molar-refractivity contribution in [2.24, 2.45) is 0 Å². The molecule has 1 N–H and O–H groups in total. The fourth-order valence-electron chi connectivity index (χ4n) is 0.987. The lowest BCUT2D eigenvalue weighted by molar-refractivity contribution is -0.115. The Labute approximate surface area is 111 Å². The topological polar surface area (TPSA) is 29.1 Å². The molecule has 0 heterocycles. The average molecular weight is 355 g/mol. The van der Waals surface area contributed by atoms with Crippen LogP contribution in [0, 0.1) is 0 Å². The normalized spacial score (nSPS) is 12.3. The molecule has 1 rings (SSSR count). The van der Waals surface area contributed by atoms with Crippen molar-refractivity contribution in [2.45, 2.75) is 18.2 Å². The Hall–Kier alpha value is -0.0600. The summed E-state index contributed by atoms with van der Waals surface area (Å²) in [5, 5.41) is 3.43. The molecule has 0 fully saturated rings. The maximum Gasteiger partial charge on any atom is 0.238 e. The number of alkyl halides is 1. The molecular formula is C10H10Br2ClNO. The number of carbonyl (C=O) groups excluding carboxylic acids is 1. The fourth-order valence-corrected chi connectivity index (χ4v) is 1.88. The quantitative estimate of drug-likeness (QED) is 0.809. The summed E-state index contributed by atoms with van der Waals surface area (Å²) in [5.74, 6) is -0.0551. The molecular weight excluding hydrogens is 345 g/mol. The van der Waals surface area contributed by atoms with Gasteiger partial charge in [-0.3, -0.25) is 4.79 Å². The summed E-state index contributed by atoms with van der Waals surface area (Å²) in [6.45, 7) is 1.94. The van der Waals surface area contributed by atoms with Crippen molar-refractivity contribution in [3.8, 4) is 0 Å². The number of benzene rings is 1. The van der Waals surface area contributed by atoms with Crippen LogP contribution in [0.25, 0.3) is 0 Å². The van der Waals surface area contributed by atoms with Crippen molar-refractivity contribution in [2.75, 3.05) is 5.32 Å². The second kappa shape index (κ2) is 5.87. The summed E-state index contributed by atoms with van der Waals surface area (Å²) >= 11 is 12.4. The van der Waals surface area contributed by atoms with Crippen molar-refractivity contribution in [3.05, 3.63) is 27.7 Å². The minimum Gasteiger partial charge on any atom is -0.324 e. The van der Waals surface area contributed by atoms with E-state index in [1.54, 1.807) is 18.2 Å². The number of anilines is 1. The summed E-state index contributed by atoms with van der Waals surface area (Å²) in [6.07, 6.45) is 0.747. The van der Waals surface area contributed by atoms with Crippen LogP contribution in [-0.4, -0.2) is 10.7 Å². The van der Waals surface area contributed by atoms with Crippen LogP contribution in [0.3, 0.4) is 0 Å². The van der Waals surface area contributed by atoms with Crippen LogP contribution in [0.5, 0.6) is 0 Å². The maximum atomic E-state index is 11.6. The lowest BCUT2D eigenvalue weighted by Gasteiger charge is -2.10. The molecule has 1 unspecified atom stereocenters. The van der Waals surface area contributed by atoms with Crippen LogP contribution < -0.4 is 5.32 Å². The molecule has 0 spiro atoms. The predicted octanol–water partition coefficient (Wildman–Crippen LogP) is 4.21. The zero-order valence-corrected chi connectivity index (χ0v) is 12.0. The molecule has 0 saturated carbocycles. The fraction of sp³-hybridized carbons (Fsp3) is 0.300. The summed E-state index contributed by atoms with van der Waals surface area (Å²) in [6, 6.07) is 5.24. The van der Waals surface area contributed by atoms with Crippen LogP contribution in [0.1, 0.15) is 13.3 Å². The Morgan fingerprint density at radius 2 is 2.27 bits per heavy atom. The molecule has 1 atom stereocenters. The Morgan fingerprint density at radius 1 is 1.60 bits per heavy atom. The smallest absolute Gasteiger partial charge is 0.238 e. The third kappa shape index (κ3) is 3.78. The summed E-state index contributed by atoms with van der Waals surface area (Å²) < 4.78 is 0.777. The molecule has 0 radical (unpaired) electrons. The minimum atomic E-state index is -0.167. The van der Waals surface area contributed by atoms with Crippen LogP contribution in [0.2, 0.25) is 5.02 Å². The van der Waals surface area contributed by atoms with E-state index in [1.165, 1.54) is 0 Å². The number of rotatable bonds is 3. The van der Waals surface area contributed by atoms with Gasteiger partial charge in [-0.1, -0.05) is 34.5 Å². The van der Waals surface area contributed by atoms with E-state index in [4.69, 9.17) is 11.6 Å². The van der Waals surface area contributed by atoms with Gasteiger partial charge in [-0.2, -0.15) is 0 Å². The predicted molar refractivity (Wildman–Crippen MR) is 70.8 cm³/mol. The highest BCUT2D eigenvalue weighted by atomic mass is 79.9. The van der Waals surface area contributed by atoms with E-state index in [2.05, 4.69) is 37.2 Å². The first-order valence-corrected chi connectivity index (χ1v) is 6.53. The van der Waals surface area contributed by atoms with Gasteiger partial charge >= 0.3 is 0 Å². The molecule has 0 aromatic heterocycles. The summed E-state index contributed by atoms with van der Waals surface area (Å²) in [7, 11) is 0. The molecule has 1 amide bonds. The van der Waals surface area contributed by atoms with E-state index < -0.39 is 0 Å². The summed E-state index contributed by atoms with van der Waals surface area (Å²) in [4.78, 5) is 11.4. The van der Waals surface area contributed by atoms with Gasteiger partial charge in [-0.05, 0) is 40.5 Å². The van der Waals surface area contributed by atoms with Gasteiger partial charge in [-0.25, -0.2) is 0 Å². The van der Waals surface area contributed by atoms with E-state index in [-0.39, 0.29) is 10.7 Å². The van der Waals surface area contributed by atoms with Crippen molar-refractivity contribution in [1.82, 2.24) is 0 Å². The van der Waals surface area contributed by atoms with E-state index in [9.17, 15) is 4.79 Å². The molecule has 0 aliphatic rings. The highest BCUT2D eigenvalue weighted by molar-refractivity contribution is 9.10. The van der Waals surface area contributed by atoms with Gasteiger partial charge in [0.25, 0.3) is 0 Å². The number of hydrogen-bond acceptors (Lipinski definition) is 1. The van der Waals surface area contributed by atoms with Crippen molar-refractivity contribution >= 4 is 55.1 Å². The lowest BCUT2D eigenvalue weighted by atomic mass is 10.3. The van der Waals surface area contributed by atoms with Gasteiger partial charge < -0.3 is 5.32 Å². The Bertz CT molecular complexity index is 370. The number of nitrogens with one attached hydrogen (secondary N) is 1. The van der Waals surface area contributed by atoms with Gasteiger partial charge in [0.1, 0.15) is 0 Å². The SMILES string of the molecule is CCC(Br)C(=O)Nc1ccc(Cl)cc1Br.